The smallest absolute Gasteiger partial charge is 0.343 e. The van der Waals surface area contributed by atoms with Crippen molar-refractivity contribution in [3.05, 3.63) is 34.4 Å². The molecule has 4 N–H and O–H groups in total. The monoisotopic (exact) mass is 294 g/mol. The van der Waals surface area contributed by atoms with Gasteiger partial charge in [-0.1, -0.05) is 12.1 Å². The Morgan fingerprint density at radius 1 is 1.60 bits per heavy atom. The molecule has 0 saturated carbocycles. The van der Waals surface area contributed by atoms with Crippen molar-refractivity contribution in [1.82, 2.24) is 19.7 Å². The predicted molar refractivity (Wildman–Crippen MR) is 74.0 cm³/mol. The second-order valence-electron chi connectivity index (χ2n) is 3.94. The van der Waals surface area contributed by atoms with E-state index in [0.717, 1.165) is 6.42 Å². The fourth-order valence-corrected chi connectivity index (χ4v) is 2.35. The van der Waals surface area contributed by atoms with Crippen LogP contribution < -0.4 is 11.4 Å². The summed E-state index contributed by atoms with van der Waals surface area (Å²) in [4.78, 5) is 15.7. The number of aromatic nitrogens is 4. The van der Waals surface area contributed by atoms with Crippen molar-refractivity contribution in [2.45, 2.75) is 30.1 Å². The lowest BCUT2D eigenvalue weighted by atomic mass is 10.3. The number of nitrogens with one attached hydrogen (secondary N) is 1. The number of nitrogens with two attached hydrogens (primary N) is 1. The predicted octanol–water partition coefficient (Wildman–Crippen LogP) is 0.622. The first-order valence-electron chi connectivity index (χ1n) is 5.92. The standard InChI is InChI=1S/C11H14N6O2S/c1-2-5-17-10(18)14-15-11(17)20-8-4-3-7(6-13-8)9(12)16-19/h3-4,6,19H,2,5H2,1H3,(H2,12,16)(H,14,18). The molecule has 0 atom stereocenters. The maximum Gasteiger partial charge on any atom is 0.343 e. The topological polar surface area (TPSA) is 122 Å². The molecule has 2 aromatic rings. The molecule has 106 valence electrons. The number of hydrogen-bond acceptors (Lipinski definition) is 6. The van der Waals surface area contributed by atoms with Gasteiger partial charge in [0.05, 0.1) is 0 Å². The van der Waals surface area contributed by atoms with E-state index >= 15 is 0 Å². The molecular weight excluding hydrogens is 280 g/mol. The van der Waals surface area contributed by atoms with E-state index in [1.807, 2.05) is 6.92 Å². The van der Waals surface area contributed by atoms with Crippen LogP contribution in [0.4, 0.5) is 0 Å². The van der Waals surface area contributed by atoms with Crippen LogP contribution in [0, 0.1) is 0 Å². The zero-order valence-electron chi connectivity index (χ0n) is 10.8. The Morgan fingerprint density at radius 2 is 2.40 bits per heavy atom. The quantitative estimate of drug-likeness (QED) is 0.321. The molecule has 0 bridgehead atoms. The largest absolute Gasteiger partial charge is 0.409 e. The first-order valence-corrected chi connectivity index (χ1v) is 6.74. The third-order valence-electron chi connectivity index (χ3n) is 2.51. The molecule has 2 rings (SSSR count). The summed E-state index contributed by atoms with van der Waals surface area (Å²) in [6.45, 7) is 2.58. The number of amidine groups is 1. The molecule has 0 spiro atoms. The van der Waals surface area contributed by atoms with Gasteiger partial charge in [-0.25, -0.2) is 14.9 Å². The Labute approximate surface area is 118 Å². The van der Waals surface area contributed by atoms with Crippen molar-refractivity contribution in [2.75, 3.05) is 0 Å². The van der Waals surface area contributed by atoms with Crippen LogP contribution in [0.5, 0.6) is 0 Å². The molecule has 0 aliphatic heterocycles. The average Bonchev–Trinajstić information content (AvgIpc) is 2.81. The van der Waals surface area contributed by atoms with Crippen LogP contribution in [0.3, 0.4) is 0 Å². The van der Waals surface area contributed by atoms with Crippen LogP contribution in [0.25, 0.3) is 0 Å². The van der Waals surface area contributed by atoms with E-state index in [9.17, 15) is 4.79 Å². The third kappa shape index (κ3) is 2.99. The number of oxime groups is 1. The number of nitrogens with zero attached hydrogens (tertiary/aromatic N) is 4. The van der Waals surface area contributed by atoms with Crippen molar-refractivity contribution in [3.63, 3.8) is 0 Å². The van der Waals surface area contributed by atoms with Gasteiger partial charge in [-0.05, 0) is 30.3 Å². The van der Waals surface area contributed by atoms with Gasteiger partial charge in [0.1, 0.15) is 5.03 Å². The highest BCUT2D eigenvalue weighted by Crippen LogP contribution is 2.23. The molecule has 2 heterocycles. The summed E-state index contributed by atoms with van der Waals surface area (Å²) in [5.41, 5.74) is 5.74. The Balaban J connectivity index is 2.20. The minimum atomic E-state index is -0.234. The molecule has 0 amide bonds. The number of aromatic amines is 1. The first kappa shape index (κ1) is 14.1. The number of rotatable bonds is 5. The minimum absolute atomic E-state index is 0.00305. The van der Waals surface area contributed by atoms with Crippen molar-refractivity contribution in [1.29, 1.82) is 0 Å². The Kier molecular flexibility index (Phi) is 4.41. The number of H-pyrrole nitrogens is 1. The van der Waals surface area contributed by atoms with Crippen molar-refractivity contribution < 1.29 is 5.21 Å². The molecule has 8 nitrogen and oxygen atoms in total. The summed E-state index contributed by atoms with van der Waals surface area (Å²) in [5.74, 6) is -0.00305. The van der Waals surface area contributed by atoms with Gasteiger partial charge in [0, 0.05) is 18.3 Å². The summed E-state index contributed by atoms with van der Waals surface area (Å²) >= 11 is 1.27. The fourth-order valence-electron chi connectivity index (χ4n) is 1.55. The van der Waals surface area contributed by atoms with Gasteiger partial charge in [0.15, 0.2) is 11.0 Å². The molecule has 20 heavy (non-hydrogen) atoms. The molecule has 0 fully saturated rings. The highest BCUT2D eigenvalue weighted by atomic mass is 32.2. The van der Waals surface area contributed by atoms with Crippen LogP contribution in [0.1, 0.15) is 18.9 Å². The molecule has 0 aliphatic carbocycles. The molecule has 2 aromatic heterocycles. The molecule has 0 radical (unpaired) electrons. The summed E-state index contributed by atoms with van der Waals surface area (Å²) in [7, 11) is 0. The average molecular weight is 294 g/mol. The Hall–Kier alpha value is -2.29. The normalized spacial score (nSPS) is 11.8. The van der Waals surface area contributed by atoms with Gasteiger partial charge in [-0.3, -0.25) is 4.57 Å². The van der Waals surface area contributed by atoms with E-state index in [4.69, 9.17) is 10.9 Å². The van der Waals surface area contributed by atoms with E-state index in [1.165, 1.54) is 18.0 Å². The van der Waals surface area contributed by atoms with Crippen molar-refractivity contribution in [2.24, 2.45) is 10.9 Å². The van der Waals surface area contributed by atoms with Gasteiger partial charge in [0.2, 0.25) is 0 Å². The fraction of sp³-hybridized carbons (Fsp3) is 0.273. The Morgan fingerprint density at radius 3 is 3.00 bits per heavy atom. The molecule has 0 saturated heterocycles. The van der Waals surface area contributed by atoms with Gasteiger partial charge >= 0.3 is 5.69 Å². The number of pyridine rings is 1. The highest BCUT2D eigenvalue weighted by Gasteiger charge is 2.10. The van der Waals surface area contributed by atoms with Gasteiger partial charge in [-0.15, -0.1) is 5.10 Å². The van der Waals surface area contributed by atoms with Crippen LogP contribution in [-0.4, -0.2) is 30.8 Å². The van der Waals surface area contributed by atoms with E-state index in [2.05, 4.69) is 20.3 Å². The van der Waals surface area contributed by atoms with E-state index in [0.29, 0.717) is 22.3 Å². The molecule has 0 aromatic carbocycles. The van der Waals surface area contributed by atoms with Crippen molar-refractivity contribution in [3.8, 4) is 0 Å². The highest BCUT2D eigenvalue weighted by molar-refractivity contribution is 7.99. The summed E-state index contributed by atoms with van der Waals surface area (Å²) in [6.07, 6.45) is 2.33. The minimum Gasteiger partial charge on any atom is -0.409 e. The maximum atomic E-state index is 11.6. The summed E-state index contributed by atoms with van der Waals surface area (Å²) in [6, 6.07) is 3.40. The van der Waals surface area contributed by atoms with Crippen LogP contribution in [0.15, 0.2) is 38.5 Å². The van der Waals surface area contributed by atoms with E-state index in [-0.39, 0.29) is 11.5 Å². The lowest BCUT2D eigenvalue weighted by Crippen LogP contribution is -2.17. The molecule has 0 unspecified atom stereocenters. The molecular formula is C11H14N6O2S. The number of hydrogen-bond donors (Lipinski definition) is 3. The van der Waals surface area contributed by atoms with Gasteiger partial charge in [0.25, 0.3) is 0 Å². The van der Waals surface area contributed by atoms with E-state index < -0.39 is 0 Å². The maximum absolute atomic E-state index is 11.6. The van der Waals surface area contributed by atoms with Gasteiger partial charge < -0.3 is 10.9 Å². The van der Waals surface area contributed by atoms with Crippen LogP contribution >= 0.6 is 11.8 Å². The lowest BCUT2D eigenvalue weighted by molar-refractivity contribution is 0.318. The van der Waals surface area contributed by atoms with Crippen LogP contribution in [-0.2, 0) is 6.54 Å². The SMILES string of the molecule is CCCn1c(Sc2ccc(C(N)=NO)cn2)n[nH]c1=O. The van der Waals surface area contributed by atoms with Crippen LogP contribution in [0.2, 0.25) is 0 Å². The van der Waals surface area contributed by atoms with Gasteiger partial charge in [-0.2, -0.15) is 0 Å². The molecule has 9 heteroatoms. The van der Waals surface area contributed by atoms with Crippen molar-refractivity contribution >= 4 is 17.6 Å². The summed E-state index contributed by atoms with van der Waals surface area (Å²) < 4.78 is 1.56. The second-order valence-corrected chi connectivity index (χ2v) is 4.92. The zero-order valence-corrected chi connectivity index (χ0v) is 11.6. The lowest BCUT2D eigenvalue weighted by Gasteiger charge is -2.03. The third-order valence-corrected chi connectivity index (χ3v) is 3.45. The Bertz CT molecular complexity index is 660. The zero-order chi connectivity index (χ0) is 14.5. The van der Waals surface area contributed by atoms with E-state index in [1.54, 1.807) is 16.7 Å². The summed E-state index contributed by atoms with van der Waals surface area (Å²) in [5, 5.41) is 19.1. The first-order chi connectivity index (χ1) is 9.65. The second kappa shape index (κ2) is 6.24. The molecule has 0 aliphatic rings.